The molecular formula is C17H18ClNO2. The van der Waals surface area contributed by atoms with E-state index in [0.29, 0.717) is 30.2 Å². The van der Waals surface area contributed by atoms with E-state index in [1.54, 1.807) is 12.1 Å². The summed E-state index contributed by atoms with van der Waals surface area (Å²) in [6.45, 7) is 2.56. The lowest BCUT2D eigenvalue weighted by molar-refractivity contribution is -0.116. The van der Waals surface area contributed by atoms with Crippen molar-refractivity contribution >= 4 is 23.2 Å². The zero-order chi connectivity index (χ0) is 15.1. The van der Waals surface area contributed by atoms with Gasteiger partial charge in [0.05, 0.1) is 17.3 Å². The van der Waals surface area contributed by atoms with E-state index >= 15 is 0 Å². The number of amides is 1. The second kappa shape index (κ2) is 7.70. The van der Waals surface area contributed by atoms with Crippen LogP contribution in [0.2, 0.25) is 5.02 Å². The quantitative estimate of drug-likeness (QED) is 0.863. The molecule has 0 spiro atoms. The molecule has 1 N–H and O–H groups in total. The van der Waals surface area contributed by atoms with Crippen molar-refractivity contribution < 1.29 is 9.53 Å². The molecule has 2 rings (SSSR count). The highest BCUT2D eigenvalue weighted by Gasteiger charge is 2.08. The first-order valence-electron chi connectivity index (χ1n) is 6.95. The number of benzene rings is 2. The standard InChI is InChI=1S/C17H18ClNO2/c1-2-21-16-10-6-3-7-13(16)11-12-17(20)19-15-9-5-4-8-14(15)18/h3-10H,2,11-12H2,1H3,(H,19,20). The monoisotopic (exact) mass is 303 g/mol. The molecule has 0 unspecified atom stereocenters. The van der Waals surface area contributed by atoms with Crippen LogP contribution in [0.1, 0.15) is 18.9 Å². The summed E-state index contributed by atoms with van der Waals surface area (Å²) in [4.78, 5) is 12.0. The molecule has 0 fully saturated rings. The summed E-state index contributed by atoms with van der Waals surface area (Å²) in [7, 11) is 0. The van der Waals surface area contributed by atoms with Gasteiger partial charge in [-0.05, 0) is 37.1 Å². The third-order valence-corrected chi connectivity index (χ3v) is 3.37. The topological polar surface area (TPSA) is 38.3 Å². The number of hydrogen-bond donors (Lipinski definition) is 1. The summed E-state index contributed by atoms with van der Waals surface area (Å²) >= 11 is 6.02. The van der Waals surface area contributed by atoms with Crippen LogP contribution < -0.4 is 10.1 Å². The Balaban J connectivity index is 1.94. The molecule has 2 aromatic carbocycles. The van der Waals surface area contributed by atoms with E-state index in [-0.39, 0.29) is 5.91 Å². The van der Waals surface area contributed by atoms with Crippen LogP contribution in [0.4, 0.5) is 5.69 Å². The molecule has 0 aliphatic heterocycles. The minimum absolute atomic E-state index is 0.0607. The summed E-state index contributed by atoms with van der Waals surface area (Å²) in [5, 5.41) is 3.36. The molecule has 2 aromatic rings. The third-order valence-electron chi connectivity index (χ3n) is 3.04. The van der Waals surface area contributed by atoms with Crippen LogP contribution in [0, 0.1) is 0 Å². The molecule has 3 nitrogen and oxygen atoms in total. The summed E-state index contributed by atoms with van der Waals surface area (Å²) in [5.74, 6) is 0.778. The van der Waals surface area contributed by atoms with Crippen molar-refractivity contribution in [1.82, 2.24) is 0 Å². The van der Waals surface area contributed by atoms with Gasteiger partial charge < -0.3 is 10.1 Å². The van der Waals surface area contributed by atoms with Crippen LogP contribution >= 0.6 is 11.6 Å². The fraction of sp³-hybridized carbons (Fsp3) is 0.235. The van der Waals surface area contributed by atoms with Gasteiger partial charge in [-0.25, -0.2) is 0 Å². The number of para-hydroxylation sites is 2. The van der Waals surface area contributed by atoms with Gasteiger partial charge in [0.2, 0.25) is 5.91 Å². The Kier molecular flexibility index (Phi) is 5.64. The van der Waals surface area contributed by atoms with E-state index in [2.05, 4.69) is 5.32 Å². The van der Waals surface area contributed by atoms with E-state index in [9.17, 15) is 4.79 Å². The summed E-state index contributed by atoms with van der Waals surface area (Å²) < 4.78 is 5.55. The van der Waals surface area contributed by atoms with Crippen molar-refractivity contribution in [2.75, 3.05) is 11.9 Å². The van der Waals surface area contributed by atoms with Gasteiger partial charge in [0.25, 0.3) is 0 Å². The highest BCUT2D eigenvalue weighted by molar-refractivity contribution is 6.33. The number of ether oxygens (including phenoxy) is 1. The molecule has 1 amide bonds. The maximum Gasteiger partial charge on any atom is 0.224 e. The second-order valence-electron chi connectivity index (χ2n) is 4.57. The summed E-state index contributed by atoms with van der Waals surface area (Å²) in [5.41, 5.74) is 1.68. The Morgan fingerprint density at radius 2 is 1.86 bits per heavy atom. The van der Waals surface area contributed by atoms with Gasteiger partial charge in [0.1, 0.15) is 5.75 Å². The number of anilines is 1. The molecule has 0 aliphatic rings. The molecule has 21 heavy (non-hydrogen) atoms. The molecule has 0 saturated carbocycles. The first-order chi connectivity index (χ1) is 10.2. The second-order valence-corrected chi connectivity index (χ2v) is 4.98. The van der Waals surface area contributed by atoms with Crippen molar-refractivity contribution in [3.63, 3.8) is 0 Å². The van der Waals surface area contributed by atoms with Gasteiger partial charge in [-0.2, -0.15) is 0 Å². The lowest BCUT2D eigenvalue weighted by Crippen LogP contribution is -2.13. The fourth-order valence-corrected chi connectivity index (χ4v) is 2.21. The SMILES string of the molecule is CCOc1ccccc1CCC(=O)Nc1ccccc1Cl. The molecule has 0 radical (unpaired) electrons. The zero-order valence-corrected chi connectivity index (χ0v) is 12.7. The van der Waals surface area contributed by atoms with E-state index in [0.717, 1.165) is 11.3 Å². The zero-order valence-electron chi connectivity index (χ0n) is 11.9. The number of rotatable bonds is 6. The number of halogens is 1. The Hall–Kier alpha value is -2.00. The molecular weight excluding hydrogens is 286 g/mol. The predicted octanol–water partition coefficient (Wildman–Crippen LogP) is 4.31. The lowest BCUT2D eigenvalue weighted by atomic mass is 10.1. The third kappa shape index (κ3) is 4.50. The van der Waals surface area contributed by atoms with Crippen LogP contribution in [0.3, 0.4) is 0 Å². The van der Waals surface area contributed by atoms with E-state index in [4.69, 9.17) is 16.3 Å². The van der Waals surface area contributed by atoms with Crippen molar-refractivity contribution in [3.05, 3.63) is 59.1 Å². The number of hydrogen-bond acceptors (Lipinski definition) is 2. The molecule has 0 aromatic heterocycles. The van der Waals surface area contributed by atoms with Crippen molar-refractivity contribution in [3.8, 4) is 5.75 Å². The maximum absolute atomic E-state index is 12.0. The van der Waals surface area contributed by atoms with E-state index in [1.807, 2.05) is 43.3 Å². The van der Waals surface area contributed by atoms with Gasteiger partial charge in [0.15, 0.2) is 0 Å². The van der Waals surface area contributed by atoms with Crippen LogP contribution in [0.5, 0.6) is 5.75 Å². The Labute approximate surface area is 129 Å². The fourth-order valence-electron chi connectivity index (χ4n) is 2.03. The molecule has 0 aliphatic carbocycles. The van der Waals surface area contributed by atoms with E-state index in [1.165, 1.54) is 0 Å². The smallest absolute Gasteiger partial charge is 0.224 e. The van der Waals surface area contributed by atoms with Gasteiger partial charge in [-0.3, -0.25) is 4.79 Å². The normalized spacial score (nSPS) is 10.2. The Morgan fingerprint density at radius 1 is 1.14 bits per heavy atom. The Morgan fingerprint density at radius 3 is 2.62 bits per heavy atom. The number of carbonyl (C=O) groups is 1. The van der Waals surface area contributed by atoms with E-state index < -0.39 is 0 Å². The van der Waals surface area contributed by atoms with Gasteiger partial charge in [-0.15, -0.1) is 0 Å². The minimum atomic E-state index is -0.0607. The summed E-state index contributed by atoms with van der Waals surface area (Å²) in [6.07, 6.45) is 1.02. The lowest BCUT2D eigenvalue weighted by Gasteiger charge is -2.10. The number of carbonyl (C=O) groups excluding carboxylic acids is 1. The predicted molar refractivity (Wildman–Crippen MR) is 86.0 cm³/mol. The average Bonchev–Trinajstić information content (AvgIpc) is 2.49. The molecule has 0 saturated heterocycles. The molecule has 0 heterocycles. The van der Waals surface area contributed by atoms with Gasteiger partial charge in [0, 0.05) is 6.42 Å². The minimum Gasteiger partial charge on any atom is -0.494 e. The molecule has 0 atom stereocenters. The van der Waals surface area contributed by atoms with Crippen LogP contribution in [-0.2, 0) is 11.2 Å². The highest BCUT2D eigenvalue weighted by Crippen LogP contribution is 2.22. The van der Waals surface area contributed by atoms with Gasteiger partial charge >= 0.3 is 0 Å². The molecule has 110 valence electrons. The maximum atomic E-state index is 12.0. The number of aryl methyl sites for hydroxylation is 1. The highest BCUT2D eigenvalue weighted by atomic mass is 35.5. The first kappa shape index (κ1) is 15.4. The van der Waals surface area contributed by atoms with Crippen molar-refractivity contribution in [2.24, 2.45) is 0 Å². The van der Waals surface area contributed by atoms with Crippen LogP contribution in [0.25, 0.3) is 0 Å². The first-order valence-corrected chi connectivity index (χ1v) is 7.33. The number of nitrogens with one attached hydrogen (secondary N) is 1. The van der Waals surface area contributed by atoms with Crippen molar-refractivity contribution in [2.45, 2.75) is 19.8 Å². The van der Waals surface area contributed by atoms with Gasteiger partial charge in [-0.1, -0.05) is 41.9 Å². The largest absolute Gasteiger partial charge is 0.494 e. The summed E-state index contributed by atoms with van der Waals surface area (Å²) in [6, 6.07) is 15.0. The van der Waals surface area contributed by atoms with Crippen LogP contribution in [0.15, 0.2) is 48.5 Å². The Bertz CT molecular complexity index is 613. The molecule has 4 heteroatoms. The van der Waals surface area contributed by atoms with Crippen LogP contribution in [-0.4, -0.2) is 12.5 Å². The molecule has 0 bridgehead atoms. The average molecular weight is 304 g/mol. The van der Waals surface area contributed by atoms with Crippen molar-refractivity contribution in [1.29, 1.82) is 0 Å².